The van der Waals surface area contributed by atoms with Crippen molar-refractivity contribution in [1.82, 2.24) is 24.6 Å². The van der Waals surface area contributed by atoms with Crippen LogP contribution in [0.5, 0.6) is 5.88 Å². The maximum Gasteiger partial charge on any atom is 0.258 e. The lowest BCUT2D eigenvalue weighted by atomic mass is 10.1. The lowest BCUT2D eigenvalue weighted by molar-refractivity contribution is 0.0633. The minimum atomic E-state index is -0.179. The summed E-state index contributed by atoms with van der Waals surface area (Å²) < 4.78 is 12.9. The van der Waals surface area contributed by atoms with E-state index in [2.05, 4.69) is 15.2 Å². The van der Waals surface area contributed by atoms with Crippen molar-refractivity contribution in [2.45, 2.75) is 33.0 Å². The maximum absolute atomic E-state index is 12.8. The first-order valence-electron chi connectivity index (χ1n) is 8.46. The van der Waals surface area contributed by atoms with E-state index in [9.17, 15) is 4.79 Å². The van der Waals surface area contributed by atoms with Gasteiger partial charge in [0, 0.05) is 25.4 Å². The zero-order chi connectivity index (χ0) is 18.1. The van der Waals surface area contributed by atoms with E-state index in [4.69, 9.17) is 9.15 Å². The molecule has 0 saturated carbocycles. The summed E-state index contributed by atoms with van der Waals surface area (Å²) in [4.78, 5) is 18.7. The molecule has 0 saturated heterocycles. The summed E-state index contributed by atoms with van der Waals surface area (Å²) in [7, 11) is 0. The second-order valence-corrected chi connectivity index (χ2v) is 6.15. The lowest BCUT2D eigenvalue weighted by Gasteiger charge is -2.33. The molecule has 1 aliphatic rings. The number of aryl methyl sites for hydroxylation is 1. The van der Waals surface area contributed by atoms with Crippen LogP contribution in [0.1, 0.15) is 40.7 Å². The fourth-order valence-corrected chi connectivity index (χ4v) is 3.16. The molecule has 3 aromatic heterocycles. The first-order chi connectivity index (χ1) is 12.6. The van der Waals surface area contributed by atoms with Crippen LogP contribution in [0, 0.1) is 6.92 Å². The topological polar surface area (TPSA) is 86.3 Å². The van der Waals surface area contributed by atoms with Crippen molar-refractivity contribution < 1.29 is 13.9 Å². The van der Waals surface area contributed by atoms with Gasteiger partial charge in [-0.3, -0.25) is 4.79 Å². The van der Waals surface area contributed by atoms with Gasteiger partial charge < -0.3 is 18.6 Å². The van der Waals surface area contributed by atoms with Crippen LogP contribution in [-0.2, 0) is 13.2 Å². The van der Waals surface area contributed by atoms with Gasteiger partial charge in [-0.2, -0.15) is 0 Å². The fourth-order valence-electron chi connectivity index (χ4n) is 3.16. The van der Waals surface area contributed by atoms with Gasteiger partial charge in [-0.1, -0.05) is 6.07 Å². The molecule has 1 atom stereocenters. The highest BCUT2D eigenvalue weighted by Crippen LogP contribution is 2.27. The fraction of sp³-hybridized carbons (Fsp3) is 0.333. The quantitative estimate of drug-likeness (QED) is 0.716. The van der Waals surface area contributed by atoms with E-state index in [1.165, 1.54) is 6.26 Å². The van der Waals surface area contributed by atoms with Crippen LogP contribution in [0.25, 0.3) is 0 Å². The summed E-state index contributed by atoms with van der Waals surface area (Å²) in [6.07, 6.45) is 3.21. The minimum Gasteiger partial charge on any atom is -0.469 e. The average Bonchev–Trinajstić information content (AvgIpc) is 3.27. The Morgan fingerprint density at radius 3 is 2.92 bits per heavy atom. The normalized spacial score (nSPS) is 16.4. The van der Waals surface area contributed by atoms with Crippen molar-refractivity contribution in [2.24, 2.45) is 0 Å². The molecule has 4 rings (SSSR count). The Hall–Kier alpha value is -3.16. The van der Waals surface area contributed by atoms with Gasteiger partial charge in [-0.15, -0.1) is 10.2 Å². The van der Waals surface area contributed by atoms with Crippen LogP contribution in [0.3, 0.4) is 0 Å². The number of fused-ring (bicyclic) bond motifs is 1. The number of amides is 1. The number of ether oxygens (including phenoxy) is 1. The number of furan rings is 1. The molecule has 0 bridgehead atoms. The average molecular weight is 353 g/mol. The zero-order valence-corrected chi connectivity index (χ0v) is 14.6. The van der Waals surface area contributed by atoms with Crippen molar-refractivity contribution in [3.05, 3.63) is 59.7 Å². The molecule has 0 fully saturated rings. The Labute approximate surface area is 150 Å². The third kappa shape index (κ3) is 2.83. The Balaban J connectivity index is 1.51. The second-order valence-electron chi connectivity index (χ2n) is 6.15. The first-order valence-corrected chi connectivity index (χ1v) is 8.46. The van der Waals surface area contributed by atoms with Gasteiger partial charge in [0.25, 0.3) is 5.91 Å². The van der Waals surface area contributed by atoms with E-state index < -0.39 is 0 Å². The van der Waals surface area contributed by atoms with Gasteiger partial charge in [-0.25, -0.2) is 4.98 Å². The number of hydrogen-bond donors (Lipinski definition) is 0. The van der Waals surface area contributed by atoms with Crippen molar-refractivity contribution in [3.63, 3.8) is 0 Å². The number of aromatic nitrogens is 4. The van der Waals surface area contributed by atoms with E-state index in [1.54, 1.807) is 30.2 Å². The molecule has 0 unspecified atom stereocenters. The maximum atomic E-state index is 12.8. The van der Waals surface area contributed by atoms with Gasteiger partial charge in [-0.05, 0) is 26.0 Å². The Bertz CT molecular complexity index is 918. The molecule has 0 radical (unpaired) electrons. The molecule has 8 nitrogen and oxygen atoms in total. The Kier molecular flexibility index (Phi) is 4.16. The first kappa shape index (κ1) is 16.3. The predicted octanol–water partition coefficient (Wildman–Crippen LogP) is 2.37. The highest BCUT2D eigenvalue weighted by atomic mass is 16.5. The summed E-state index contributed by atoms with van der Waals surface area (Å²) in [5.41, 5.74) is 0.587. The van der Waals surface area contributed by atoms with Crippen molar-refractivity contribution >= 4 is 5.91 Å². The van der Waals surface area contributed by atoms with Crippen LogP contribution < -0.4 is 4.74 Å². The molecule has 26 heavy (non-hydrogen) atoms. The molecule has 4 heterocycles. The minimum absolute atomic E-state index is 0.0516. The SMILES string of the molecule is Cc1occc1C(=O)N1CCn2c(COc3ccccn3)nnc2[C@H]1C. The molecule has 0 spiro atoms. The second kappa shape index (κ2) is 6.62. The molecule has 8 heteroatoms. The third-order valence-electron chi connectivity index (χ3n) is 4.60. The Morgan fingerprint density at radius 1 is 1.31 bits per heavy atom. The molecule has 134 valence electrons. The molecule has 0 N–H and O–H groups in total. The van der Waals surface area contributed by atoms with E-state index >= 15 is 0 Å². The van der Waals surface area contributed by atoms with E-state index in [1.807, 2.05) is 23.6 Å². The molecule has 0 aliphatic carbocycles. The Morgan fingerprint density at radius 2 is 2.19 bits per heavy atom. The molecular weight excluding hydrogens is 334 g/mol. The summed E-state index contributed by atoms with van der Waals surface area (Å²) in [6, 6.07) is 7.02. The standard InChI is InChI=1S/C18H19N5O3/c1-12-17-21-20-15(11-26-16-5-3-4-7-19-16)23(17)9-8-22(12)18(24)14-6-10-25-13(14)2/h3-7,10,12H,8-9,11H2,1-2H3/t12-/m1/s1. The number of carbonyl (C=O) groups excluding carboxylic acids is 1. The number of nitrogens with zero attached hydrogens (tertiary/aromatic N) is 5. The van der Waals surface area contributed by atoms with Crippen LogP contribution in [0.4, 0.5) is 0 Å². The monoisotopic (exact) mass is 353 g/mol. The number of carbonyl (C=O) groups is 1. The highest BCUT2D eigenvalue weighted by molar-refractivity contribution is 5.95. The van der Waals surface area contributed by atoms with Crippen molar-refractivity contribution in [2.75, 3.05) is 6.54 Å². The molecular formula is C18H19N5O3. The lowest BCUT2D eigenvalue weighted by Crippen LogP contribution is -2.41. The zero-order valence-electron chi connectivity index (χ0n) is 14.6. The highest BCUT2D eigenvalue weighted by Gasteiger charge is 2.32. The summed E-state index contributed by atoms with van der Waals surface area (Å²) in [5, 5.41) is 8.52. The predicted molar refractivity (Wildman–Crippen MR) is 91.5 cm³/mol. The van der Waals surface area contributed by atoms with Crippen molar-refractivity contribution in [1.29, 1.82) is 0 Å². The number of hydrogen-bond acceptors (Lipinski definition) is 6. The van der Waals surface area contributed by atoms with Gasteiger partial charge >= 0.3 is 0 Å². The molecule has 3 aromatic rings. The molecule has 1 aliphatic heterocycles. The number of rotatable bonds is 4. The van der Waals surface area contributed by atoms with E-state index in [-0.39, 0.29) is 18.6 Å². The van der Waals surface area contributed by atoms with Crippen molar-refractivity contribution in [3.8, 4) is 5.88 Å². The van der Waals surface area contributed by atoms with Gasteiger partial charge in [0.1, 0.15) is 12.4 Å². The largest absolute Gasteiger partial charge is 0.469 e. The van der Waals surface area contributed by atoms with Gasteiger partial charge in [0.2, 0.25) is 5.88 Å². The number of pyridine rings is 1. The van der Waals surface area contributed by atoms with E-state index in [0.29, 0.717) is 30.3 Å². The summed E-state index contributed by atoms with van der Waals surface area (Å²) in [6.45, 7) is 5.22. The smallest absolute Gasteiger partial charge is 0.258 e. The van der Waals surface area contributed by atoms with Crippen LogP contribution in [0.2, 0.25) is 0 Å². The molecule has 0 aromatic carbocycles. The van der Waals surface area contributed by atoms with Crippen LogP contribution in [-0.4, -0.2) is 37.1 Å². The van der Waals surface area contributed by atoms with Gasteiger partial charge in [0.15, 0.2) is 11.6 Å². The van der Waals surface area contributed by atoms with Crippen LogP contribution >= 0.6 is 0 Å². The summed E-state index contributed by atoms with van der Waals surface area (Å²) in [5.74, 6) is 2.60. The van der Waals surface area contributed by atoms with E-state index in [0.717, 1.165) is 11.6 Å². The van der Waals surface area contributed by atoms with Crippen LogP contribution in [0.15, 0.2) is 41.1 Å². The summed E-state index contributed by atoms with van der Waals surface area (Å²) >= 11 is 0. The molecule has 1 amide bonds. The van der Waals surface area contributed by atoms with Gasteiger partial charge in [0.05, 0.1) is 17.9 Å². The third-order valence-corrected chi connectivity index (χ3v) is 4.60.